The van der Waals surface area contributed by atoms with Gasteiger partial charge in [-0.15, -0.1) is 0 Å². The second-order valence-corrected chi connectivity index (χ2v) is 4.92. The van der Waals surface area contributed by atoms with Gasteiger partial charge in [0.15, 0.2) is 0 Å². The Bertz CT molecular complexity index is 326. The number of nitrogens with zero attached hydrogens (tertiary/aromatic N) is 1. The van der Waals surface area contributed by atoms with Crippen LogP contribution >= 0.6 is 0 Å². The first-order chi connectivity index (χ1) is 7.78. The predicted molar refractivity (Wildman–Crippen MR) is 69.0 cm³/mol. The summed E-state index contributed by atoms with van der Waals surface area (Å²) in [5.41, 5.74) is 2.58. The van der Waals surface area contributed by atoms with E-state index in [-0.39, 0.29) is 0 Å². The van der Waals surface area contributed by atoms with E-state index in [1.807, 2.05) is 0 Å². The summed E-state index contributed by atoms with van der Waals surface area (Å²) in [4.78, 5) is 2.56. The van der Waals surface area contributed by atoms with Crippen molar-refractivity contribution in [2.45, 2.75) is 26.7 Å². The van der Waals surface area contributed by atoms with Crippen molar-refractivity contribution in [1.82, 2.24) is 10.2 Å². The van der Waals surface area contributed by atoms with Crippen LogP contribution in [0.15, 0.2) is 35.7 Å². The first kappa shape index (κ1) is 11.5. The molecule has 0 unspecified atom stereocenters. The first-order valence-electron chi connectivity index (χ1n) is 6.30. The van der Waals surface area contributed by atoms with Gasteiger partial charge in [0.2, 0.25) is 0 Å². The molecule has 2 aliphatic rings. The minimum absolute atomic E-state index is 0.862. The summed E-state index contributed by atoms with van der Waals surface area (Å²) in [6, 6.07) is 0. The standard InChI is InChI=1S/C14H22N2/c1-3-14-7-6-13(9-15-14)11-16-8-4-5-12(2)10-16/h3,6-7,9,12,15H,4-5,8,10-11H2,1-2H3/b14-3-/t12-/m0/s1. The van der Waals surface area contributed by atoms with Crippen LogP contribution in [0.2, 0.25) is 0 Å². The van der Waals surface area contributed by atoms with E-state index in [0.29, 0.717) is 0 Å². The molecule has 1 N–H and O–H groups in total. The molecule has 0 aromatic carbocycles. The Morgan fingerprint density at radius 1 is 1.50 bits per heavy atom. The molecule has 1 fully saturated rings. The van der Waals surface area contributed by atoms with Gasteiger partial charge in [0.25, 0.3) is 0 Å². The molecule has 2 nitrogen and oxygen atoms in total. The van der Waals surface area contributed by atoms with E-state index in [1.54, 1.807) is 0 Å². The van der Waals surface area contributed by atoms with Gasteiger partial charge in [-0.1, -0.05) is 19.1 Å². The lowest BCUT2D eigenvalue weighted by atomic mass is 9.99. The third kappa shape index (κ3) is 2.99. The molecule has 0 radical (unpaired) electrons. The van der Waals surface area contributed by atoms with Gasteiger partial charge in [-0.3, -0.25) is 4.90 Å². The normalized spacial score (nSPS) is 29.0. The van der Waals surface area contributed by atoms with Crippen LogP contribution in [-0.4, -0.2) is 24.5 Å². The second-order valence-electron chi connectivity index (χ2n) is 4.92. The van der Waals surface area contributed by atoms with Gasteiger partial charge in [0.05, 0.1) is 0 Å². The van der Waals surface area contributed by atoms with Gasteiger partial charge in [0.1, 0.15) is 0 Å². The van der Waals surface area contributed by atoms with Crippen molar-refractivity contribution in [3.63, 3.8) is 0 Å². The van der Waals surface area contributed by atoms with Crippen molar-refractivity contribution < 1.29 is 0 Å². The number of piperidine rings is 1. The smallest absolute Gasteiger partial charge is 0.0336 e. The zero-order chi connectivity index (χ0) is 11.4. The van der Waals surface area contributed by atoms with Crippen LogP contribution in [0.25, 0.3) is 0 Å². The lowest BCUT2D eigenvalue weighted by Crippen LogP contribution is -2.35. The van der Waals surface area contributed by atoms with Gasteiger partial charge in [-0.2, -0.15) is 0 Å². The highest BCUT2D eigenvalue weighted by molar-refractivity contribution is 5.33. The topological polar surface area (TPSA) is 15.3 Å². The maximum absolute atomic E-state index is 3.31. The van der Waals surface area contributed by atoms with Gasteiger partial charge in [-0.25, -0.2) is 0 Å². The number of nitrogens with one attached hydrogen (secondary N) is 1. The van der Waals surface area contributed by atoms with E-state index >= 15 is 0 Å². The zero-order valence-corrected chi connectivity index (χ0v) is 10.4. The van der Waals surface area contributed by atoms with E-state index in [9.17, 15) is 0 Å². The molecule has 0 bridgehead atoms. The van der Waals surface area contributed by atoms with Crippen LogP contribution in [0.5, 0.6) is 0 Å². The van der Waals surface area contributed by atoms with Crippen LogP contribution < -0.4 is 5.32 Å². The lowest BCUT2D eigenvalue weighted by Gasteiger charge is -2.31. The molecule has 0 saturated carbocycles. The van der Waals surface area contributed by atoms with E-state index in [1.165, 1.54) is 37.2 Å². The molecular formula is C14H22N2. The second kappa shape index (κ2) is 5.35. The predicted octanol–water partition coefficient (Wildman–Crippen LogP) is 2.67. The first-order valence-corrected chi connectivity index (χ1v) is 6.30. The summed E-state index contributed by atoms with van der Waals surface area (Å²) in [7, 11) is 0. The Hall–Kier alpha value is -1.02. The summed E-state index contributed by atoms with van der Waals surface area (Å²) < 4.78 is 0. The Balaban J connectivity index is 1.86. The Morgan fingerprint density at radius 2 is 2.38 bits per heavy atom. The molecule has 0 aliphatic carbocycles. The molecule has 2 aliphatic heterocycles. The maximum atomic E-state index is 3.31. The van der Waals surface area contributed by atoms with E-state index < -0.39 is 0 Å². The van der Waals surface area contributed by atoms with Crippen molar-refractivity contribution in [1.29, 1.82) is 0 Å². The monoisotopic (exact) mass is 218 g/mol. The maximum Gasteiger partial charge on any atom is 0.0336 e. The largest absolute Gasteiger partial charge is 0.362 e. The van der Waals surface area contributed by atoms with Crippen molar-refractivity contribution in [3.05, 3.63) is 35.7 Å². The zero-order valence-electron chi connectivity index (χ0n) is 10.4. The van der Waals surface area contributed by atoms with Gasteiger partial charge >= 0.3 is 0 Å². The molecule has 0 aromatic heterocycles. The molecule has 2 heterocycles. The number of rotatable bonds is 2. The van der Waals surface area contributed by atoms with Crippen LogP contribution in [0.4, 0.5) is 0 Å². The fraction of sp³-hybridized carbons (Fsp3) is 0.571. The van der Waals surface area contributed by atoms with E-state index in [2.05, 4.69) is 48.5 Å². The average molecular weight is 218 g/mol. The highest BCUT2D eigenvalue weighted by atomic mass is 15.1. The van der Waals surface area contributed by atoms with Crippen LogP contribution in [0, 0.1) is 5.92 Å². The minimum atomic E-state index is 0.862. The van der Waals surface area contributed by atoms with Crippen LogP contribution in [0.1, 0.15) is 26.7 Å². The number of likely N-dealkylation sites (tertiary alicyclic amines) is 1. The molecule has 0 amide bonds. The third-order valence-corrected chi connectivity index (χ3v) is 3.36. The van der Waals surface area contributed by atoms with E-state index in [0.717, 1.165) is 12.5 Å². The fourth-order valence-electron chi connectivity index (χ4n) is 2.44. The molecule has 0 spiro atoms. The molecule has 2 rings (SSSR count). The van der Waals surface area contributed by atoms with Crippen molar-refractivity contribution >= 4 is 0 Å². The van der Waals surface area contributed by atoms with Crippen LogP contribution in [0.3, 0.4) is 0 Å². The SMILES string of the molecule is C/C=C1/C=CC(CN2CCC[C@H](C)C2)=CN1. The lowest BCUT2D eigenvalue weighted by molar-refractivity contribution is 0.198. The highest BCUT2D eigenvalue weighted by Crippen LogP contribution is 2.17. The summed E-state index contributed by atoms with van der Waals surface area (Å²) in [5, 5.41) is 3.31. The summed E-state index contributed by atoms with van der Waals surface area (Å²) >= 11 is 0. The molecule has 88 valence electrons. The number of allylic oxidation sites excluding steroid dienone is 2. The molecule has 0 aromatic rings. The molecule has 2 heteroatoms. The molecular weight excluding hydrogens is 196 g/mol. The molecule has 16 heavy (non-hydrogen) atoms. The Kier molecular flexibility index (Phi) is 3.83. The number of dihydropyridines is 1. The Labute approximate surface area is 98.7 Å². The van der Waals surface area contributed by atoms with Crippen molar-refractivity contribution in [2.75, 3.05) is 19.6 Å². The average Bonchev–Trinajstić information content (AvgIpc) is 2.30. The Morgan fingerprint density at radius 3 is 3.00 bits per heavy atom. The third-order valence-electron chi connectivity index (χ3n) is 3.36. The van der Waals surface area contributed by atoms with Gasteiger partial charge in [0, 0.05) is 25.0 Å². The summed E-state index contributed by atoms with van der Waals surface area (Å²) in [6.45, 7) is 8.00. The fourth-order valence-corrected chi connectivity index (χ4v) is 2.44. The number of hydrogen-bond donors (Lipinski definition) is 1. The van der Waals surface area contributed by atoms with Gasteiger partial charge < -0.3 is 5.32 Å². The molecule has 1 atom stereocenters. The van der Waals surface area contributed by atoms with Crippen molar-refractivity contribution in [3.8, 4) is 0 Å². The van der Waals surface area contributed by atoms with Gasteiger partial charge in [-0.05, 0) is 43.9 Å². The van der Waals surface area contributed by atoms with Crippen LogP contribution in [-0.2, 0) is 0 Å². The molecule has 1 saturated heterocycles. The van der Waals surface area contributed by atoms with Crippen molar-refractivity contribution in [2.24, 2.45) is 5.92 Å². The minimum Gasteiger partial charge on any atom is -0.362 e. The summed E-state index contributed by atoms with van der Waals surface area (Å²) in [5.74, 6) is 0.862. The summed E-state index contributed by atoms with van der Waals surface area (Å²) in [6.07, 6.45) is 11.4. The quantitative estimate of drug-likeness (QED) is 0.766. The highest BCUT2D eigenvalue weighted by Gasteiger charge is 2.16. The number of hydrogen-bond acceptors (Lipinski definition) is 2. The van der Waals surface area contributed by atoms with E-state index in [4.69, 9.17) is 0 Å².